The molecule has 1 amide bonds. The van der Waals surface area contributed by atoms with Crippen LogP contribution in [-0.2, 0) is 4.74 Å². The lowest BCUT2D eigenvalue weighted by Crippen LogP contribution is -2.38. The molecule has 2 saturated heterocycles. The van der Waals surface area contributed by atoms with Gasteiger partial charge in [-0.3, -0.25) is 4.79 Å². The van der Waals surface area contributed by atoms with E-state index in [-0.39, 0.29) is 17.1 Å². The van der Waals surface area contributed by atoms with Crippen LogP contribution in [0, 0.1) is 17.3 Å². The van der Waals surface area contributed by atoms with Crippen molar-refractivity contribution in [2.75, 3.05) is 53.6 Å². The number of hydrogen-bond acceptors (Lipinski definition) is 6. The number of carbonyl (C=O) groups excluding carboxylic acids is 1. The van der Waals surface area contributed by atoms with Gasteiger partial charge in [-0.2, -0.15) is 0 Å². The van der Waals surface area contributed by atoms with Crippen molar-refractivity contribution in [3.63, 3.8) is 0 Å². The molecule has 7 heteroatoms. The van der Waals surface area contributed by atoms with Gasteiger partial charge in [-0.05, 0) is 37.4 Å². The summed E-state index contributed by atoms with van der Waals surface area (Å²) in [5.41, 5.74) is 0.137. The van der Waals surface area contributed by atoms with Gasteiger partial charge in [-0.25, -0.2) is 0 Å². The van der Waals surface area contributed by atoms with Crippen molar-refractivity contribution in [1.82, 2.24) is 15.0 Å². The van der Waals surface area contributed by atoms with Crippen molar-refractivity contribution in [2.24, 2.45) is 17.3 Å². The quantitative estimate of drug-likeness (QED) is 0.775. The van der Waals surface area contributed by atoms with Crippen molar-refractivity contribution in [2.45, 2.75) is 19.3 Å². The van der Waals surface area contributed by atoms with Gasteiger partial charge in [0, 0.05) is 44.1 Å². The Morgan fingerprint density at radius 3 is 2.96 bits per heavy atom. The molecule has 138 valence electrons. The van der Waals surface area contributed by atoms with Gasteiger partial charge in [0.1, 0.15) is 0 Å². The number of methoxy groups -OCH3 is 1. The molecule has 0 N–H and O–H groups in total. The largest absolute Gasteiger partial charge is 0.479 e. The summed E-state index contributed by atoms with van der Waals surface area (Å²) in [6.45, 7) is 5.29. The standard InChI is InChI=1S/C18H27N3O4/c1-20-8-14(10-24-9-13-3-4-13)18(11-20)5-6-21(12-18)17(22)15-7-16(23-2)19-25-15/h7,13-14H,3-6,8-12H2,1-2H3/t14-,18+/m0/s1. The molecule has 2 atom stereocenters. The molecule has 0 radical (unpaired) electrons. The molecule has 0 unspecified atom stereocenters. The molecule has 1 aromatic heterocycles. The molecular formula is C18H27N3O4. The topological polar surface area (TPSA) is 68.0 Å². The van der Waals surface area contributed by atoms with E-state index in [0.29, 0.717) is 11.8 Å². The summed E-state index contributed by atoms with van der Waals surface area (Å²) in [4.78, 5) is 17.0. The highest BCUT2D eigenvalue weighted by Crippen LogP contribution is 2.44. The van der Waals surface area contributed by atoms with Crippen LogP contribution >= 0.6 is 0 Å². The fourth-order valence-electron chi connectivity index (χ4n) is 4.34. The molecule has 0 bridgehead atoms. The molecule has 25 heavy (non-hydrogen) atoms. The molecule has 1 aliphatic carbocycles. The second-order valence-corrected chi connectivity index (χ2v) is 7.95. The fraction of sp³-hybridized carbons (Fsp3) is 0.778. The Morgan fingerprint density at radius 2 is 2.24 bits per heavy atom. The smallest absolute Gasteiger partial charge is 0.292 e. The number of carbonyl (C=O) groups is 1. The van der Waals surface area contributed by atoms with Crippen LogP contribution in [-0.4, -0.2) is 74.4 Å². The number of rotatable bonds is 6. The zero-order valence-electron chi connectivity index (χ0n) is 15.1. The zero-order valence-corrected chi connectivity index (χ0v) is 15.1. The van der Waals surface area contributed by atoms with Crippen LogP contribution in [0.3, 0.4) is 0 Å². The summed E-state index contributed by atoms with van der Waals surface area (Å²) in [7, 11) is 3.67. The third kappa shape index (κ3) is 3.40. The second-order valence-electron chi connectivity index (χ2n) is 7.95. The van der Waals surface area contributed by atoms with Gasteiger partial charge < -0.3 is 23.8 Å². The first-order valence-corrected chi connectivity index (χ1v) is 9.16. The summed E-state index contributed by atoms with van der Waals surface area (Å²) in [5, 5.41) is 3.73. The highest BCUT2D eigenvalue weighted by Gasteiger charge is 2.50. The first-order chi connectivity index (χ1) is 12.1. The molecule has 3 aliphatic rings. The van der Waals surface area contributed by atoms with Crippen molar-refractivity contribution < 1.29 is 18.8 Å². The minimum Gasteiger partial charge on any atom is -0.479 e. The Balaban J connectivity index is 1.40. The van der Waals surface area contributed by atoms with Crippen LogP contribution in [0.5, 0.6) is 5.88 Å². The average molecular weight is 349 g/mol. The van der Waals surface area contributed by atoms with Crippen LogP contribution in [0.2, 0.25) is 0 Å². The van der Waals surface area contributed by atoms with Crippen molar-refractivity contribution in [3.05, 3.63) is 11.8 Å². The Kier molecular flexibility index (Phi) is 4.45. The third-order valence-corrected chi connectivity index (χ3v) is 5.93. The lowest BCUT2D eigenvalue weighted by Gasteiger charge is -2.30. The molecule has 2 aliphatic heterocycles. The van der Waals surface area contributed by atoms with E-state index in [1.165, 1.54) is 20.0 Å². The lowest BCUT2D eigenvalue weighted by molar-refractivity contribution is 0.0520. The molecule has 4 rings (SSSR count). The van der Waals surface area contributed by atoms with Gasteiger partial charge in [-0.15, -0.1) is 0 Å². The van der Waals surface area contributed by atoms with Crippen molar-refractivity contribution in [1.29, 1.82) is 0 Å². The van der Waals surface area contributed by atoms with Crippen LogP contribution in [0.1, 0.15) is 29.8 Å². The van der Waals surface area contributed by atoms with Crippen LogP contribution in [0.25, 0.3) is 0 Å². The molecule has 0 aromatic carbocycles. The molecule has 3 heterocycles. The van der Waals surface area contributed by atoms with Crippen LogP contribution in [0.4, 0.5) is 0 Å². The summed E-state index contributed by atoms with van der Waals surface area (Å²) in [5.74, 6) is 1.77. The zero-order chi connectivity index (χ0) is 17.4. The number of ether oxygens (including phenoxy) is 2. The second kappa shape index (κ2) is 6.61. The Morgan fingerprint density at radius 1 is 1.40 bits per heavy atom. The van der Waals surface area contributed by atoms with E-state index in [4.69, 9.17) is 14.0 Å². The predicted molar refractivity (Wildman–Crippen MR) is 90.5 cm³/mol. The SMILES string of the molecule is COc1cc(C(=O)N2CC[C@@]3(CN(C)C[C@H]3COCC3CC3)C2)on1. The molecule has 1 spiro atoms. The number of aromatic nitrogens is 1. The van der Waals surface area contributed by atoms with Gasteiger partial charge in [0.15, 0.2) is 0 Å². The normalized spacial score (nSPS) is 29.7. The summed E-state index contributed by atoms with van der Waals surface area (Å²) in [6, 6.07) is 1.56. The summed E-state index contributed by atoms with van der Waals surface area (Å²) < 4.78 is 16.1. The van der Waals surface area contributed by atoms with Gasteiger partial charge in [0.25, 0.3) is 11.8 Å². The number of likely N-dealkylation sites (tertiary alicyclic amines) is 2. The highest BCUT2D eigenvalue weighted by molar-refractivity contribution is 5.91. The van der Waals surface area contributed by atoms with Gasteiger partial charge >= 0.3 is 0 Å². The van der Waals surface area contributed by atoms with Crippen molar-refractivity contribution in [3.8, 4) is 5.88 Å². The number of hydrogen-bond donors (Lipinski definition) is 0. The fourth-order valence-corrected chi connectivity index (χ4v) is 4.34. The van der Waals surface area contributed by atoms with Crippen molar-refractivity contribution >= 4 is 5.91 Å². The predicted octanol–water partition coefficient (Wildman–Crippen LogP) is 1.50. The van der Waals surface area contributed by atoms with Gasteiger partial charge in [-0.1, -0.05) is 0 Å². The van der Waals surface area contributed by atoms with E-state index in [2.05, 4.69) is 17.1 Å². The van der Waals surface area contributed by atoms with Gasteiger partial charge in [0.2, 0.25) is 5.76 Å². The minimum atomic E-state index is -0.0973. The summed E-state index contributed by atoms with van der Waals surface area (Å²) in [6.07, 6.45) is 3.66. The van der Waals surface area contributed by atoms with E-state index in [9.17, 15) is 4.79 Å². The maximum atomic E-state index is 12.7. The average Bonchev–Trinajstić information content (AvgIpc) is 3.03. The maximum absolute atomic E-state index is 12.7. The monoisotopic (exact) mass is 349 g/mol. The van der Waals surface area contributed by atoms with Gasteiger partial charge in [0.05, 0.1) is 19.8 Å². The molecule has 3 fully saturated rings. The molecule has 1 aromatic rings. The third-order valence-electron chi connectivity index (χ3n) is 5.93. The van der Waals surface area contributed by atoms with E-state index >= 15 is 0 Å². The molecular weight excluding hydrogens is 322 g/mol. The Labute approximate surface area is 148 Å². The van der Waals surface area contributed by atoms with E-state index in [0.717, 1.165) is 51.7 Å². The number of amides is 1. The van der Waals surface area contributed by atoms with Crippen LogP contribution < -0.4 is 4.74 Å². The molecule has 1 saturated carbocycles. The van der Waals surface area contributed by atoms with Crippen LogP contribution in [0.15, 0.2) is 10.6 Å². The van der Waals surface area contributed by atoms with E-state index < -0.39 is 0 Å². The summed E-state index contributed by atoms with van der Waals surface area (Å²) >= 11 is 0. The first kappa shape index (κ1) is 16.8. The molecule has 7 nitrogen and oxygen atoms in total. The Hall–Kier alpha value is -1.60. The van der Waals surface area contributed by atoms with E-state index in [1.54, 1.807) is 6.07 Å². The minimum absolute atomic E-state index is 0.0973. The first-order valence-electron chi connectivity index (χ1n) is 9.16. The maximum Gasteiger partial charge on any atom is 0.292 e. The lowest BCUT2D eigenvalue weighted by atomic mass is 9.77. The Bertz CT molecular complexity index is 630. The number of nitrogens with zero attached hydrogens (tertiary/aromatic N) is 3. The van der Waals surface area contributed by atoms with E-state index in [1.807, 2.05) is 4.90 Å². The highest BCUT2D eigenvalue weighted by atomic mass is 16.5.